The van der Waals surface area contributed by atoms with Crippen LogP contribution in [0.3, 0.4) is 0 Å². The molecule has 5 heterocycles. The first-order valence-corrected chi connectivity index (χ1v) is 48.7. The van der Waals surface area contributed by atoms with E-state index < -0.39 is 60.3 Å². The Morgan fingerprint density at radius 3 is 1.34 bits per heavy atom. The van der Waals surface area contributed by atoms with Gasteiger partial charge in [-0.05, 0) is 203 Å². The fraction of sp³-hybridized carbons (Fsp3) is 0.456. The van der Waals surface area contributed by atoms with Crippen molar-refractivity contribution in [1.29, 1.82) is 0 Å². The van der Waals surface area contributed by atoms with Crippen LogP contribution in [0.1, 0.15) is 89.2 Å². The third-order valence-electron chi connectivity index (χ3n) is 18.3. The van der Waals surface area contributed by atoms with Crippen LogP contribution in [0.5, 0.6) is 0 Å². The number of benzene rings is 7. The van der Waals surface area contributed by atoms with Gasteiger partial charge >= 0.3 is 6.03 Å². The molecule has 0 saturated carbocycles. The Morgan fingerprint density at radius 2 is 0.901 bits per heavy atom. The highest BCUT2D eigenvalue weighted by atomic mass is 35.5. The van der Waals surface area contributed by atoms with Crippen LogP contribution in [0.2, 0.25) is 0 Å². The molecule has 0 radical (unpaired) electrons. The zero-order valence-corrected chi connectivity index (χ0v) is 73.0. The number of carbonyl (C=O) groups excluding carboxylic acids is 1. The van der Waals surface area contributed by atoms with Crippen LogP contribution in [0.15, 0.2) is 152 Å². The smallest absolute Gasteiger partial charge is 0.322 e. The Kier molecular flexibility index (Phi) is 35.7. The zero-order valence-electron chi connectivity index (χ0n) is 66.5. The van der Waals surface area contributed by atoms with Gasteiger partial charge in [-0.3, -0.25) is 31.6 Å². The van der Waals surface area contributed by atoms with Crippen molar-refractivity contribution >= 4 is 130 Å². The van der Waals surface area contributed by atoms with E-state index in [4.69, 9.17) is 11.6 Å². The Hall–Kier alpha value is -7.17. The van der Waals surface area contributed by atoms with E-state index in [1.165, 1.54) is 58.6 Å². The molecule has 2 amide bonds. The molecule has 0 aromatic heterocycles. The van der Waals surface area contributed by atoms with Gasteiger partial charge in [-0.1, -0.05) is 118 Å². The topological polar surface area (TPSA) is 293 Å². The standard InChI is InChI=1S/C14H22N2O2S2.C14H22N2O2S.C13H18N2O.C11H15NO2S.C10H13NO2S.C9H13ClN2O2S.C8H11NO2S/c1-13-3-5-14(6-4-13)15(2)20(17,18)12-9-16-7-10-19-11-8-16;1-13-5-7-14(8-6-13)15(2)19(17,18)12-11-16-9-3-4-10-16;1-9(2)14-13(16)15-7-6-11-8-10(3)4-5-12(11)15;1-3-15(13,14)12-7-6-10-8-9(2)4-5-11(10)12;1-8-3-4-10-9(7-8)5-6-11(10)14(2,12)13;1-8-2-4-9(5-3-8)12-15(13,14)11-7-6-10;1-7-4-3-5-8(6-7)9-12(2,10)11/h3-6H,7-12H2,1-2H3;5-8H,3-4,9-12H2,1-2H3;4-5,8-9H,6-7H2,1-3H3,(H,14,16);4-5,8H,3,6-7H2,1-2H3;3-4,7H,5-6H2,1-2H3;2-5,11-12H,6-7H2,1H3;3-6,9H,1-2H3. The molecule has 0 aliphatic carbocycles. The molecule has 32 heteroatoms. The predicted molar refractivity (Wildman–Crippen MR) is 463 cm³/mol. The second-order valence-electron chi connectivity index (χ2n) is 28.2. The Labute approximate surface area is 672 Å². The van der Waals surface area contributed by atoms with Crippen LogP contribution in [-0.4, -0.2) is 199 Å². The Morgan fingerprint density at radius 1 is 0.486 bits per heavy atom. The molecule has 0 bridgehead atoms. The third-order valence-corrected chi connectivity index (χ3v) is 27.6. The molecule has 12 rings (SSSR count). The number of nitrogens with one attached hydrogen (secondary N) is 4. The monoisotopic (exact) mass is 1680 g/mol. The lowest BCUT2D eigenvalue weighted by Gasteiger charge is -2.27. The van der Waals surface area contributed by atoms with Crippen molar-refractivity contribution < 1.29 is 55.3 Å². The number of fused-ring (bicyclic) bond motifs is 3. The molecule has 7 aromatic rings. The number of halogens is 1. The molecule has 0 spiro atoms. The minimum atomic E-state index is -3.49. The molecular weight excluding hydrogens is 1570 g/mol. The highest BCUT2D eigenvalue weighted by Crippen LogP contribution is 2.33. The average molecular weight is 1690 g/mol. The van der Waals surface area contributed by atoms with E-state index in [0.717, 1.165) is 132 Å². The lowest BCUT2D eigenvalue weighted by atomic mass is 10.1. The molecule has 24 nitrogen and oxygen atoms in total. The lowest BCUT2D eigenvalue weighted by Crippen LogP contribution is -2.42. The van der Waals surface area contributed by atoms with Gasteiger partial charge in [0.2, 0.25) is 50.1 Å². The van der Waals surface area contributed by atoms with Crippen LogP contribution in [0, 0.1) is 48.5 Å². The van der Waals surface area contributed by atoms with Crippen molar-refractivity contribution in [2.75, 3.05) is 158 Å². The van der Waals surface area contributed by atoms with E-state index in [1.54, 1.807) is 45.3 Å². The van der Waals surface area contributed by atoms with E-state index >= 15 is 0 Å². The highest BCUT2D eigenvalue weighted by Gasteiger charge is 2.30. The van der Waals surface area contributed by atoms with Gasteiger partial charge in [-0.2, -0.15) is 24.9 Å². The van der Waals surface area contributed by atoms with Gasteiger partial charge in [0.15, 0.2) is 0 Å². The summed E-state index contributed by atoms with van der Waals surface area (Å²) in [6.07, 6.45) is 7.38. The molecule has 0 unspecified atom stereocenters. The van der Waals surface area contributed by atoms with Gasteiger partial charge in [0, 0.05) is 107 Å². The number of likely N-dealkylation sites (tertiary alicyclic amines) is 1. The summed E-state index contributed by atoms with van der Waals surface area (Å²) < 4.78 is 153. The number of urea groups is 1. The molecular formula is C79H114ClN11O13S7. The zero-order chi connectivity index (χ0) is 82.1. The number of carbonyl (C=O) groups is 1. The maximum absolute atomic E-state index is 12.4. The van der Waals surface area contributed by atoms with Crippen LogP contribution >= 0.6 is 23.4 Å². The van der Waals surface area contributed by atoms with E-state index in [0.29, 0.717) is 37.6 Å². The second-order valence-corrected chi connectivity index (χ2v) is 41.4. The van der Waals surface area contributed by atoms with Crippen LogP contribution in [0.25, 0.3) is 0 Å². The second kappa shape index (κ2) is 42.8. The van der Waals surface area contributed by atoms with E-state index in [1.807, 2.05) is 175 Å². The molecule has 2 fully saturated rings. The number of hydrogen-bond donors (Lipinski definition) is 4. The van der Waals surface area contributed by atoms with Crippen LogP contribution < -0.4 is 41.6 Å². The number of sulfonamides is 5. The highest BCUT2D eigenvalue weighted by molar-refractivity contribution is 7.99. The Bertz CT molecular complexity index is 4880. The van der Waals surface area contributed by atoms with E-state index in [9.17, 15) is 55.3 Å². The van der Waals surface area contributed by atoms with Crippen molar-refractivity contribution in [2.45, 2.75) is 107 Å². The quantitative estimate of drug-likeness (QED) is 0.0486. The summed E-state index contributed by atoms with van der Waals surface area (Å²) >= 11 is 7.31. The van der Waals surface area contributed by atoms with Crippen LogP contribution in [-0.2, 0) is 79.6 Å². The van der Waals surface area contributed by atoms with Crippen LogP contribution in [0.4, 0.5) is 44.6 Å². The molecule has 4 N–H and O–H groups in total. The molecule has 7 aromatic carbocycles. The molecule has 5 aliphatic heterocycles. The van der Waals surface area contributed by atoms with Gasteiger partial charge in [-0.25, -0.2) is 46.9 Å². The number of hydrogen-bond acceptors (Lipinski definition) is 16. The summed E-state index contributed by atoms with van der Waals surface area (Å²) in [5.41, 5.74) is 16.9. The first-order valence-electron chi connectivity index (χ1n) is 37.0. The fourth-order valence-corrected chi connectivity index (χ4v) is 19.3. The van der Waals surface area contributed by atoms with Gasteiger partial charge in [0.25, 0.3) is 10.2 Å². The summed E-state index contributed by atoms with van der Waals surface area (Å²) in [6.45, 7) is 27.1. The number of thioether (sulfide) groups is 1. The first kappa shape index (κ1) is 92.7. The summed E-state index contributed by atoms with van der Waals surface area (Å²) in [7, 11) is -16.0. The minimum absolute atomic E-state index is 0.0117. The molecule has 0 atom stereocenters. The Balaban J connectivity index is 0.000000203. The van der Waals surface area contributed by atoms with Gasteiger partial charge in [-0.15, -0.1) is 11.6 Å². The van der Waals surface area contributed by atoms with E-state index in [2.05, 4.69) is 60.5 Å². The predicted octanol–water partition coefficient (Wildman–Crippen LogP) is 12.0. The molecule has 2 saturated heterocycles. The molecule has 111 heavy (non-hydrogen) atoms. The summed E-state index contributed by atoms with van der Waals surface area (Å²) in [6, 6.07) is 47.7. The molecule has 5 aliphatic rings. The van der Waals surface area contributed by atoms with Gasteiger partial charge in [0.05, 0.1) is 52.5 Å². The maximum atomic E-state index is 12.4. The number of anilines is 7. The third kappa shape index (κ3) is 30.9. The largest absolute Gasteiger partial charge is 0.336 e. The van der Waals surface area contributed by atoms with Crippen molar-refractivity contribution in [3.63, 3.8) is 0 Å². The number of nitrogens with zero attached hydrogens (tertiary/aromatic N) is 7. The van der Waals surface area contributed by atoms with Crippen molar-refractivity contribution in [3.8, 4) is 0 Å². The fourth-order valence-electron chi connectivity index (χ4n) is 12.2. The lowest BCUT2D eigenvalue weighted by molar-refractivity contribution is 0.244. The summed E-state index contributed by atoms with van der Waals surface area (Å²) in [5, 5.41) is 2.93. The first-order chi connectivity index (χ1) is 52.1. The SMILES string of the molecule is CCS(=O)(=O)N1CCc2cc(C)ccc21.Cc1ccc(N(C)S(=O)(=O)CCN2CCCC2)cc1.Cc1ccc(N(C)S(=O)(=O)CCN2CCSCC2)cc1.Cc1ccc(NS(=O)(=O)NCCCl)cc1.Cc1ccc2c(c1)CCN2C(=O)NC(C)C.Cc1ccc2c(c1)CCN2S(C)(=O)=O.Cc1cccc(NS(C)(=O)=O)c1. The van der Waals surface area contributed by atoms with Crippen molar-refractivity contribution in [2.24, 2.45) is 0 Å². The minimum Gasteiger partial charge on any atom is -0.336 e. The number of alkyl halides is 1. The van der Waals surface area contributed by atoms with Crippen molar-refractivity contribution in [1.82, 2.24) is 19.8 Å². The van der Waals surface area contributed by atoms with E-state index in [-0.39, 0.29) is 41.8 Å². The van der Waals surface area contributed by atoms with Gasteiger partial charge < -0.3 is 15.1 Å². The maximum Gasteiger partial charge on any atom is 0.322 e. The summed E-state index contributed by atoms with van der Waals surface area (Å²) in [5.74, 6) is 3.00. The summed E-state index contributed by atoms with van der Waals surface area (Å²) in [4.78, 5) is 18.2. The van der Waals surface area contributed by atoms with Gasteiger partial charge in [0.1, 0.15) is 0 Å². The number of rotatable bonds is 21. The number of aryl methyl sites for hydroxylation is 7. The number of amides is 2. The molecule has 612 valence electrons. The van der Waals surface area contributed by atoms with Crippen molar-refractivity contribution in [3.05, 3.63) is 207 Å². The normalized spacial score (nSPS) is 14.8. The average Bonchev–Trinajstić information content (AvgIpc) is 1.67.